The van der Waals surface area contributed by atoms with Gasteiger partial charge in [0, 0.05) is 24.7 Å². The lowest BCUT2D eigenvalue weighted by molar-refractivity contribution is -0.385. The van der Waals surface area contributed by atoms with E-state index in [4.69, 9.17) is 4.74 Å². The van der Waals surface area contributed by atoms with Crippen LogP contribution in [0.25, 0.3) is 0 Å². The number of amides is 2. The van der Waals surface area contributed by atoms with Crippen molar-refractivity contribution in [3.63, 3.8) is 0 Å². The van der Waals surface area contributed by atoms with Crippen LogP contribution in [-0.2, 0) is 4.79 Å². The number of nitrogens with one attached hydrogen (secondary N) is 2. The maximum atomic E-state index is 12.4. The summed E-state index contributed by atoms with van der Waals surface area (Å²) in [6, 6.07) is 10.6. The third kappa shape index (κ3) is 5.36. The lowest BCUT2D eigenvalue weighted by atomic mass is 10.1. The third-order valence-electron chi connectivity index (χ3n) is 3.35. The highest BCUT2D eigenvalue weighted by molar-refractivity contribution is 5.99. The summed E-state index contributed by atoms with van der Waals surface area (Å²) in [6.07, 6.45) is 1.20. The Labute approximate surface area is 155 Å². The first kappa shape index (κ1) is 19.6. The van der Waals surface area contributed by atoms with Crippen molar-refractivity contribution in [3.8, 4) is 5.75 Å². The Morgan fingerprint density at radius 2 is 2.00 bits per heavy atom. The number of nitro groups is 1. The fourth-order valence-electron chi connectivity index (χ4n) is 2.25. The van der Waals surface area contributed by atoms with E-state index in [2.05, 4.69) is 15.8 Å². The molecule has 2 N–H and O–H groups in total. The molecule has 0 saturated carbocycles. The molecular weight excluding hydrogens is 352 g/mol. The molecule has 0 saturated heterocycles. The van der Waals surface area contributed by atoms with Crippen LogP contribution in [0.15, 0.2) is 47.6 Å². The molecule has 2 amide bonds. The van der Waals surface area contributed by atoms with E-state index >= 15 is 0 Å². The van der Waals surface area contributed by atoms with E-state index in [0.717, 1.165) is 0 Å². The Balaban J connectivity index is 2.18. The molecular formula is C18H18N4O5. The summed E-state index contributed by atoms with van der Waals surface area (Å²) in [7, 11) is 0. The van der Waals surface area contributed by atoms with Crippen LogP contribution in [0.5, 0.6) is 5.75 Å². The maximum absolute atomic E-state index is 12.4. The van der Waals surface area contributed by atoms with E-state index in [9.17, 15) is 19.7 Å². The second kappa shape index (κ2) is 9.09. The van der Waals surface area contributed by atoms with Gasteiger partial charge in [0.25, 0.3) is 11.6 Å². The standard InChI is InChI=1S/C18H18N4O5/c1-3-27-17-10-14(20-12(2)23)8-9-15(17)18(24)21-19-11-13-6-4-5-7-16(13)22(25)26/h4-11H,3H2,1-2H3,(H,20,23)(H,21,24)/b19-11-. The lowest BCUT2D eigenvalue weighted by Gasteiger charge is -2.11. The summed E-state index contributed by atoms with van der Waals surface area (Å²) in [6.45, 7) is 3.46. The van der Waals surface area contributed by atoms with Crippen LogP contribution < -0.4 is 15.5 Å². The molecule has 27 heavy (non-hydrogen) atoms. The number of hydrogen-bond donors (Lipinski definition) is 2. The number of rotatable bonds is 7. The van der Waals surface area contributed by atoms with Crippen molar-refractivity contribution >= 4 is 29.4 Å². The normalized spacial score (nSPS) is 10.4. The van der Waals surface area contributed by atoms with Gasteiger partial charge < -0.3 is 10.1 Å². The molecule has 0 radical (unpaired) electrons. The van der Waals surface area contributed by atoms with E-state index in [0.29, 0.717) is 12.3 Å². The molecule has 0 spiro atoms. The molecule has 0 aliphatic rings. The van der Waals surface area contributed by atoms with Crippen LogP contribution >= 0.6 is 0 Å². The number of hydrogen-bond acceptors (Lipinski definition) is 6. The van der Waals surface area contributed by atoms with E-state index < -0.39 is 10.8 Å². The van der Waals surface area contributed by atoms with Crippen molar-refractivity contribution in [2.75, 3.05) is 11.9 Å². The van der Waals surface area contributed by atoms with Gasteiger partial charge in [-0.1, -0.05) is 12.1 Å². The number of anilines is 1. The quantitative estimate of drug-likeness (QED) is 0.441. The van der Waals surface area contributed by atoms with Crippen molar-refractivity contribution in [1.29, 1.82) is 0 Å². The number of nitro benzene ring substituents is 1. The van der Waals surface area contributed by atoms with Crippen molar-refractivity contribution in [2.24, 2.45) is 5.10 Å². The van der Waals surface area contributed by atoms with Crippen molar-refractivity contribution in [3.05, 3.63) is 63.7 Å². The number of para-hydroxylation sites is 1. The summed E-state index contributed by atoms with van der Waals surface area (Å²) in [5, 5.41) is 17.4. The van der Waals surface area contributed by atoms with Gasteiger partial charge in [0.05, 0.1) is 28.9 Å². The van der Waals surface area contributed by atoms with Gasteiger partial charge >= 0.3 is 0 Å². The fraction of sp³-hybridized carbons (Fsp3) is 0.167. The average molecular weight is 370 g/mol. The first-order valence-electron chi connectivity index (χ1n) is 8.03. The molecule has 0 aromatic heterocycles. The van der Waals surface area contributed by atoms with Gasteiger partial charge in [-0.2, -0.15) is 5.10 Å². The zero-order valence-electron chi connectivity index (χ0n) is 14.8. The second-order valence-corrected chi connectivity index (χ2v) is 5.34. The van der Waals surface area contributed by atoms with E-state index in [-0.39, 0.29) is 28.5 Å². The largest absolute Gasteiger partial charge is 0.493 e. The highest BCUT2D eigenvalue weighted by atomic mass is 16.6. The molecule has 0 atom stereocenters. The molecule has 0 heterocycles. The molecule has 140 valence electrons. The van der Waals surface area contributed by atoms with Gasteiger partial charge in [-0.15, -0.1) is 0 Å². The summed E-state index contributed by atoms with van der Waals surface area (Å²) in [4.78, 5) is 34.0. The Kier molecular flexibility index (Phi) is 6.59. The maximum Gasteiger partial charge on any atom is 0.278 e. The van der Waals surface area contributed by atoms with Gasteiger partial charge in [-0.3, -0.25) is 19.7 Å². The summed E-state index contributed by atoms with van der Waals surface area (Å²) < 4.78 is 5.44. The number of hydrazone groups is 1. The van der Waals surface area contributed by atoms with E-state index in [1.165, 1.54) is 37.4 Å². The van der Waals surface area contributed by atoms with Crippen molar-refractivity contribution in [2.45, 2.75) is 13.8 Å². The molecule has 2 rings (SSSR count). The average Bonchev–Trinajstić information content (AvgIpc) is 2.62. The Morgan fingerprint density at radius 1 is 1.26 bits per heavy atom. The number of carbonyl (C=O) groups is 2. The van der Waals surface area contributed by atoms with Gasteiger partial charge in [-0.25, -0.2) is 5.43 Å². The minimum atomic E-state index is -0.553. The second-order valence-electron chi connectivity index (χ2n) is 5.34. The fourth-order valence-corrected chi connectivity index (χ4v) is 2.25. The molecule has 9 heteroatoms. The first-order chi connectivity index (χ1) is 12.9. The predicted molar refractivity (Wildman–Crippen MR) is 100 cm³/mol. The number of carbonyl (C=O) groups excluding carboxylic acids is 2. The molecule has 0 aliphatic heterocycles. The monoisotopic (exact) mass is 370 g/mol. The summed E-state index contributed by atoms with van der Waals surface area (Å²) in [5.41, 5.74) is 3.16. The minimum Gasteiger partial charge on any atom is -0.493 e. The number of nitrogens with zero attached hydrogens (tertiary/aromatic N) is 2. The predicted octanol–water partition coefficient (Wildman–Crippen LogP) is 2.72. The molecule has 2 aromatic carbocycles. The van der Waals surface area contributed by atoms with Crippen LogP contribution in [-0.4, -0.2) is 29.6 Å². The van der Waals surface area contributed by atoms with Crippen LogP contribution in [0.1, 0.15) is 29.8 Å². The van der Waals surface area contributed by atoms with E-state index in [1.54, 1.807) is 25.1 Å². The molecule has 2 aromatic rings. The Hall–Kier alpha value is -3.75. The smallest absolute Gasteiger partial charge is 0.278 e. The zero-order chi connectivity index (χ0) is 19.8. The van der Waals surface area contributed by atoms with Crippen LogP contribution in [0.4, 0.5) is 11.4 Å². The third-order valence-corrected chi connectivity index (χ3v) is 3.35. The summed E-state index contributed by atoms with van der Waals surface area (Å²) in [5.74, 6) is -0.520. The zero-order valence-corrected chi connectivity index (χ0v) is 14.8. The topological polar surface area (TPSA) is 123 Å². The van der Waals surface area contributed by atoms with Gasteiger partial charge in [0.2, 0.25) is 5.91 Å². The van der Waals surface area contributed by atoms with Gasteiger partial charge in [0.1, 0.15) is 5.75 Å². The van der Waals surface area contributed by atoms with Gasteiger partial charge in [0.15, 0.2) is 0 Å². The highest BCUT2D eigenvalue weighted by Gasteiger charge is 2.14. The van der Waals surface area contributed by atoms with Gasteiger partial charge in [-0.05, 0) is 25.1 Å². The first-order valence-corrected chi connectivity index (χ1v) is 8.03. The van der Waals surface area contributed by atoms with E-state index in [1.807, 2.05) is 0 Å². The van der Waals surface area contributed by atoms with Crippen LogP contribution in [0, 0.1) is 10.1 Å². The van der Waals surface area contributed by atoms with Crippen LogP contribution in [0.2, 0.25) is 0 Å². The van der Waals surface area contributed by atoms with Crippen LogP contribution in [0.3, 0.4) is 0 Å². The molecule has 0 unspecified atom stereocenters. The number of ether oxygens (including phenoxy) is 1. The number of benzene rings is 2. The molecule has 9 nitrogen and oxygen atoms in total. The molecule has 0 aliphatic carbocycles. The SMILES string of the molecule is CCOc1cc(NC(C)=O)ccc1C(=O)N/N=C\c1ccccc1[N+](=O)[O-]. The minimum absolute atomic E-state index is 0.120. The Bertz CT molecular complexity index is 895. The van der Waals surface area contributed by atoms with Crippen molar-refractivity contribution < 1.29 is 19.2 Å². The Morgan fingerprint density at radius 3 is 2.67 bits per heavy atom. The molecule has 0 bridgehead atoms. The highest BCUT2D eigenvalue weighted by Crippen LogP contribution is 2.24. The molecule has 0 fully saturated rings. The summed E-state index contributed by atoms with van der Waals surface area (Å²) >= 11 is 0. The van der Waals surface area contributed by atoms with Crippen molar-refractivity contribution in [1.82, 2.24) is 5.43 Å². The lowest BCUT2D eigenvalue weighted by Crippen LogP contribution is -2.19.